The second-order valence-electron chi connectivity index (χ2n) is 5.52. The Labute approximate surface area is 129 Å². The van der Waals surface area contributed by atoms with E-state index in [1.54, 1.807) is 11.3 Å². The maximum absolute atomic E-state index is 13.0. The third kappa shape index (κ3) is 2.92. The third-order valence-corrected chi connectivity index (χ3v) is 5.04. The first-order valence-electron chi connectivity index (χ1n) is 7.28. The molecule has 0 bridgehead atoms. The fourth-order valence-corrected chi connectivity index (χ4v) is 3.64. The van der Waals surface area contributed by atoms with Gasteiger partial charge in [0.05, 0.1) is 22.5 Å². The average molecular weight is 301 g/mol. The molecule has 2 aromatic rings. The monoisotopic (exact) mass is 301 g/mol. The zero-order valence-corrected chi connectivity index (χ0v) is 13.0. The Kier molecular flexibility index (Phi) is 4.17. The van der Waals surface area contributed by atoms with Crippen molar-refractivity contribution in [2.24, 2.45) is 0 Å². The van der Waals surface area contributed by atoms with Gasteiger partial charge in [0.2, 0.25) is 0 Å². The summed E-state index contributed by atoms with van der Waals surface area (Å²) in [7, 11) is 0. The molecule has 1 aliphatic heterocycles. The Balaban J connectivity index is 1.90. The molecule has 3 rings (SSSR count). The first-order chi connectivity index (χ1) is 10.2. The number of nitrogens with zero attached hydrogens (tertiary/aromatic N) is 1. The van der Waals surface area contributed by atoms with E-state index in [4.69, 9.17) is 4.74 Å². The van der Waals surface area contributed by atoms with E-state index in [-0.39, 0.29) is 5.78 Å². The molecule has 1 fully saturated rings. The van der Waals surface area contributed by atoms with Gasteiger partial charge in [0.25, 0.3) is 0 Å². The standard InChI is InChI=1S/C17H19NO2S/c1-13-18-15(12-21-13)11-16(19)17(7-9-20-10-8-17)14-5-3-2-4-6-14/h2-6,12H,7-11H2,1H3. The molecule has 1 aromatic carbocycles. The second-order valence-corrected chi connectivity index (χ2v) is 6.58. The van der Waals surface area contributed by atoms with E-state index >= 15 is 0 Å². The van der Waals surface area contributed by atoms with Crippen LogP contribution >= 0.6 is 11.3 Å². The number of thiazole rings is 1. The lowest BCUT2D eigenvalue weighted by atomic mass is 9.70. The van der Waals surface area contributed by atoms with Crippen molar-refractivity contribution in [3.05, 3.63) is 52.0 Å². The predicted molar refractivity (Wildman–Crippen MR) is 83.7 cm³/mol. The summed E-state index contributed by atoms with van der Waals surface area (Å²) in [5, 5.41) is 3.00. The smallest absolute Gasteiger partial charge is 0.149 e. The highest BCUT2D eigenvalue weighted by Crippen LogP contribution is 2.36. The number of Topliss-reactive ketones (excluding diaryl/α,β-unsaturated/α-hetero) is 1. The molecule has 1 saturated heterocycles. The maximum atomic E-state index is 13.0. The molecule has 2 heterocycles. The van der Waals surface area contributed by atoms with E-state index in [1.165, 1.54) is 0 Å². The van der Waals surface area contributed by atoms with Crippen LogP contribution in [0.15, 0.2) is 35.7 Å². The van der Waals surface area contributed by atoms with Crippen LogP contribution in [0.25, 0.3) is 0 Å². The molecule has 110 valence electrons. The summed E-state index contributed by atoms with van der Waals surface area (Å²) in [5.74, 6) is 0.266. The molecule has 21 heavy (non-hydrogen) atoms. The Morgan fingerprint density at radius 3 is 2.62 bits per heavy atom. The van der Waals surface area contributed by atoms with Crippen LogP contribution in [0, 0.1) is 6.92 Å². The van der Waals surface area contributed by atoms with E-state index in [0.717, 1.165) is 29.1 Å². The normalized spacial score (nSPS) is 17.6. The summed E-state index contributed by atoms with van der Waals surface area (Å²) in [6.07, 6.45) is 1.94. The van der Waals surface area contributed by atoms with E-state index < -0.39 is 5.41 Å². The van der Waals surface area contributed by atoms with Gasteiger partial charge in [-0.15, -0.1) is 11.3 Å². The van der Waals surface area contributed by atoms with Crippen molar-refractivity contribution in [1.29, 1.82) is 0 Å². The number of hydrogen-bond donors (Lipinski definition) is 0. The van der Waals surface area contributed by atoms with Gasteiger partial charge < -0.3 is 4.74 Å². The highest BCUT2D eigenvalue weighted by Gasteiger charge is 2.41. The Morgan fingerprint density at radius 2 is 2.00 bits per heavy atom. The van der Waals surface area contributed by atoms with Gasteiger partial charge in [0, 0.05) is 18.6 Å². The number of benzene rings is 1. The maximum Gasteiger partial charge on any atom is 0.149 e. The SMILES string of the molecule is Cc1nc(CC(=O)C2(c3ccccc3)CCOCC2)cs1. The van der Waals surface area contributed by atoms with Crippen LogP contribution < -0.4 is 0 Å². The van der Waals surface area contributed by atoms with Gasteiger partial charge in [-0.1, -0.05) is 30.3 Å². The van der Waals surface area contributed by atoms with E-state index in [0.29, 0.717) is 19.6 Å². The number of ether oxygens (including phenoxy) is 1. The van der Waals surface area contributed by atoms with Crippen molar-refractivity contribution in [3.8, 4) is 0 Å². The molecule has 0 saturated carbocycles. The molecule has 0 atom stereocenters. The first-order valence-corrected chi connectivity index (χ1v) is 8.16. The van der Waals surface area contributed by atoms with Crippen molar-refractivity contribution in [3.63, 3.8) is 0 Å². The molecule has 1 aromatic heterocycles. The Bertz CT molecular complexity index is 615. The van der Waals surface area contributed by atoms with Gasteiger partial charge in [0.15, 0.2) is 0 Å². The number of hydrogen-bond acceptors (Lipinski definition) is 4. The number of carbonyl (C=O) groups is 1. The van der Waals surface area contributed by atoms with Crippen LogP contribution in [0.5, 0.6) is 0 Å². The average Bonchev–Trinajstić information content (AvgIpc) is 2.94. The minimum atomic E-state index is -0.406. The minimum absolute atomic E-state index is 0.266. The fraction of sp³-hybridized carbons (Fsp3) is 0.412. The summed E-state index contributed by atoms with van der Waals surface area (Å²) in [5.41, 5.74) is 1.60. The molecule has 0 N–H and O–H groups in total. The predicted octanol–water partition coefficient (Wildman–Crippen LogP) is 3.31. The molecule has 0 spiro atoms. The molecular weight excluding hydrogens is 282 g/mol. The van der Waals surface area contributed by atoms with Crippen molar-refractivity contribution < 1.29 is 9.53 Å². The molecule has 4 heteroatoms. The molecule has 0 aliphatic carbocycles. The minimum Gasteiger partial charge on any atom is -0.381 e. The van der Waals surface area contributed by atoms with E-state index in [2.05, 4.69) is 17.1 Å². The second kappa shape index (κ2) is 6.08. The van der Waals surface area contributed by atoms with E-state index in [9.17, 15) is 4.79 Å². The van der Waals surface area contributed by atoms with Crippen molar-refractivity contribution in [2.45, 2.75) is 31.6 Å². The quantitative estimate of drug-likeness (QED) is 0.869. The molecule has 0 radical (unpaired) electrons. The number of aromatic nitrogens is 1. The van der Waals surface area contributed by atoms with Crippen molar-refractivity contribution in [2.75, 3.05) is 13.2 Å². The summed E-state index contributed by atoms with van der Waals surface area (Å²) < 4.78 is 5.48. The van der Waals surface area contributed by atoms with Crippen LogP contribution in [-0.4, -0.2) is 24.0 Å². The summed E-state index contributed by atoms with van der Waals surface area (Å²) >= 11 is 1.60. The van der Waals surface area contributed by atoms with Crippen LogP contribution in [0.4, 0.5) is 0 Å². The molecule has 3 nitrogen and oxygen atoms in total. The molecule has 0 unspecified atom stereocenters. The Hall–Kier alpha value is -1.52. The lowest BCUT2D eigenvalue weighted by Gasteiger charge is -2.36. The highest BCUT2D eigenvalue weighted by atomic mass is 32.1. The van der Waals surface area contributed by atoms with Crippen LogP contribution in [0.2, 0.25) is 0 Å². The molecule has 0 amide bonds. The van der Waals surface area contributed by atoms with Crippen LogP contribution in [0.1, 0.15) is 29.1 Å². The van der Waals surface area contributed by atoms with E-state index in [1.807, 2.05) is 30.5 Å². The summed E-state index contributed by atoms with van der Waals surface area (Å²) in [6, 6.07) is 10.1. The summed E-state index contributed by atoms with van der Waals surface area (Å²) in [4.78, 5) is 17.4. The lowest BCUT2D eigenvalue weighted by molar-refractivity contribution is -0.127. The zero-order chi connectivity index (χ0) is 14.7. The van der Waals surface area contributed by atoms with Crippen LogP contribution in [-0.2, 0) is 21.4 Å². The number of aryl methyl sites for hydroxylation is 1. The highest BCUT2D eigenvalue weighted by molar-refractivity contribution is 7.09. The van der Waals surface area contributed by atoms with Gasteiger partial charge in [-0.25, -0.2) is 4.98 Å². The van der Waals surface area contributed by atoms with Gasteiger partial charge in [-0.05, 0) is 25.3 Å². The fourth-order valence-electron chi connectivity index (χ4n) is 3.03. The topological polar surface area (TPSA) is 39.2 Å². The van der Waals surface area contributed by atoms with Gasteiger partial charge in [0.1, 0.15) is 5.78 Å². The number of rotatable bonds is 4. The molecule has 1 aliphatic rings. The van der Waals surface area contributed by atoms with Crippen molar-refractivity contribution >= 4 is 17.1 Å². The van der Waals surface area contributed by atoms with Gasteiger partial charge in [-0.3, -0.25) is 4.79 Å². The number of ketones is 1. The van der Waals surface area contributed by atoms with Gasteiger partial charge >= 0.3 is 0 Å². The first kappa shape index (κ1) is 14.4. The van der Waals surface area contributed by atoms with Crippen LogP contribution in [0.3, 0.4) is 0 Å². The number of carbonyl (C=O) groups excluding carboxylic acids is 1. The Morgan fingerprint density at radius 1 is 1.29 bits per heavy atom. The summed E-state index contributed by atoms with van der Waals surface area (Å²) in [6.45, 7) is 3.27. The zero-order valence-electron chi connectivity index (χ0n) is 12.2. The molecular formula is C17H19NO2S. The lowest BCUT2D eigenvalue weighted by Crippen LogP contribution is -2.42. The van der Waals surface area contributed by atoms with Crippen molar-refractivity contribution in [1.82, 2.24) is 4.98 Å². The third-order valence-electron chi connectivity index (χ3n) is 4.21. The largest absolute Gasteiger partial charge is 0.381 e. The van der Waals surface area contributed by atoms with Gasteiger partial charge in [-0.2, -0.15) is 0 Å².